The molecule has 3 aromatic rings. The predicted molar refractivity (Wildman–Crippen MR) is 82.9 cm³/mol. The number of hydrogen-bond donors (Lipinski definition) is 2. The number of H-pyrrole nitrogens is 2. The van der Waals surface area contributed by atoms with Crippen molar-refractivity contribution in [1.29, 1.82) is 0 Å². The number of hydrogen-bond acceptors (Lipinski definition) is 3. The van der Waals surface area contributed by atoms with Crippen LogP contribution in [0.2, 0.25) is 0 Å². The molecule has 0 aliphatic heterocycles. The summed E-state index contributed by atoms with van der Waals surface area (Å²) < 4.78 is 1.07. The molecule has 0 unspecified atom stereocenters. The molecule has 0 amide bonds. The number of benzene rings is 2. The van der Waals surface area contributed by atoms with Gasteiger partial charge in [0.2, 0.25) is 0 Å². The highest BCUT2D eigenvalue weighted by atomic mass is 16.2. The van der Waals surface area contributed by atoms with E-state index >= 15 is 0 Å². The van der Waals surface area contributed by atoms with E-state index in [-0.39, 0.29) is 6.54 Å². The highest BCUT2D eigenvalue weighted by Crippen LogP contribution is 2.19. The topological polar surface area (TPSA) is 87.7 Å². The van der Waals surface area contributed by atoms with Crippen molar-refractivity contribution in [3.63, 3.8) is 0 Å². The number of aromatic amines is 2. The zero-order chi connectivity index (χ0) is 15.5. The minimum absolute atomic E-state index is 0.180. The molecule has 0 fully saturated rings. The summed E-state index contributed by atoms with van der Waals surface area (Å²) in [5.74, 6) is 0. The van der Waals surface area contributed by atoms with Crippen LogP contribution < -0.4 is 16.8 Å². The fourth-order valence-corrected chi connectivity index (χ4v) is 2.17. The van der Waals surface area contributed by atoms with Gasteiger partial charge in [0.25, 0.3) is 0 Å². The van der Waals surface area contributed by atoms with Gasteiger partial charge in [-0.15, -0.1) is 0 Å². The molecule has 6 nitrogen and oxygen atoms in total. The van der Waals surface area contributed by atoms with Crippen molar-refractivity contribution in [3.05, 3.63) is 91.4 Å². The van der Waals surface area contributed by atoms with Crippen LogP contribution in [-0.4, -0.2) is 14.8 Å². The largest absolute Gasteiger partial charge is 0.343 e. The quantitative estimate of drug-likeness (QED) is 0.705. The number of rotatable bonds is 3. The summed E-state index contributed by atoms with van der Waals surface area (Å²) >= 11 is 0. The second kappa shape index (κ2) is 5.69. The third kappa shape index (κ3) is 2.80. The van der Waals surface area contributed by atoms with E-state index in [0.29, 0.717) is 0 Å². The molecule has 3 rings (SSSR count). The van der Waals surface area contributed by atoms with E-state index in [0.717, 1.165) is 21.4 Å². The van der Waals surface area contributed by atoms with E-state index in [9.17, 15) is 14.4 Å². The molecule has 22 heavy (non-hydrogen) atoms. The lowest BCUT2D eigenvalue weighted by Crippen LogP contribution is -2.43. The first-order valence-corrected chi connectivity index (χ1v) is 6.71. The van der Waals surface area contributed by atoms with Crippen LogP contribution in [0, 0.1) is 0 Å². The smallest absolute Gasteiger partial charge is 0.268 e. The molecule has 2 N–H and O–H groups in total. The zero-order valence-electron chi connectivity index (χ0n) is 11.6. The van der Waals surface area contributed by atoms with Crippen LogP contribution in [-0.2, 0) is 6.54 Å². The van der Waals surface area contributed by atoms with Crippen molar-refractivity contribution in [2.75, 3.05) is 0 Å². The maximum absolute atomic E-state index is 11.6. The van der Waals surface area contributed by atoms with Crippen LogP contribution in [0.4, 0.5) is 0 Å². The second-order valence-electron chi connectivity index (χ2n) is 4.85. The molecule has 0 atom stereocenters. The first kappa shape index (κ1) is 13.8. The summed E-state index contributed by atoms with van der Waals surface area (Å²) in [5, 5.41) is 2.24. The zero-order valence-corrected chi connectivity index (χ0v) is 11.6. The van der Waals surface area contributed by atoms with Gasteiger partial charge >= 0.3 is 16.8 Å². The highest BCUT2D eigenvalue weighted by molar-refractivity contribution is 5.63. The molecule has 0 aliphatic carbocycles. The van der Waals surface area contributed by atoms with Gasteiger partial charge in [0, 0.05) is 0 Å². The third-order valence-electron chi connectivity index (χ3n) is 3.31. The van der Waals surface area contributed by atoms with Crippen LogP contribution in [0.5, 0.6) is 0 Å². The monoisotopic (exact) mass is 295 g/mol. The van der Waals surface area contributed by atoms with Crippen molar-refractivity contribution in [1.82, 2.24) is 14.8 Å². The number of aromatic nitrogens is 3. The summed E-state index contributed by atoms with van der Waals surface area (Å²) in [5.41, 5.74) is 0.567. The maximum atomic E-state index is 11.6. The van der Waals surface area contributed by atoms with E-state index in [1.54, 1.807) is 0 Å². The van der Waals surface area contributed by atoms with Crippen LogP contribution >= 0.6 is 0 Å². The third-order valence-corrected chi connectivity index (χ3v) is 3.31. The molecular weight excluding hydrogens is 282 g/mol. The molecule has 6 heteroatoms. The Kier molecular flexibility index (Phi) is 3.57. The Morgan fingerprint density at radius 1 is 0.773 bits per heavy atom. The standard InChI is InChI=1S/C16H13N3O3/c20-14-15(21)18-19(16(22)17-14)10-11-6-8-13(9-7-11)12-4-2-1-3-5-12/h1-9H,10H2,(H,18,21)(H,17,20,22). The van der Waals surface area contributed by atoms with Gasteiger partial charge in [0.05, 0.1) is 6.54 Å². The number of nitrogens with one attached hydrogen (secondary N) is 2. The minimum Gasteiger partial charge on any atom is -0.268 e. The van der Waals surface area contributed by atoms with Gasteiger partial charge in [-0.25, -0.2) is 9.48 Å². The highest BCUT2D eigenvalue weighted by Gasteiger charge is 2.03. The minimum atomic E-state index is -0.944. The molecule has 0 radical (unpaired) electrons. The van der Waals surface area contributed by atoms with Gasteiger partial charge in [-0.05, 0) is 16.7 Å². The van der Waals surface area contributed by atoms with Crippen molar-refractivity contribution < 1.29 is 0 Å². The van der Waals surface area contributed by atoms with Gasteiger partial charge in [-0.3, -0.25) is 19.7 Å². The second-order valence-corrected chi connectivity index (χ2v) is 4.85. The average Bonchev–Trinajstić information content (AvgIpc) is 2.54. The first-order valence-electron chi connectivity index (χ1n) is 6.71. The molecule has 1 aromatic heterocycles. The van der Waals surface area contributed by atoms with Gasteiger partial charge in [-0.2, -0.15) is 0 Å². The number of nitrogens with zero attached hydrogens (tertiary/aromatic N) is 1. The Hall–Kier alpha value is -3.15. The van der Waals surface area contributed by atoms with Crippen molar-refractivity contribution >= 4 is 0 Å². The van der Waals surface area contributed by atoms with Gasteiger partial charge in [-0.1, -0.05) is 54.6 Å². The van der Waals surface area contributed by atoms with E-state index in [2.05, 4.69) is 5.10 Å². The Bertz CT molecular complexity index is 951. The lowest BCUT2D eigenvalue weighted by Gasteiger charge is -2.06. The summed E-state index contributed by atoms with van der Waals surface area (Å²) in [6, 6.07) is 17.5. The molecule has 2 aromatic carbocycles. The lowest BCUT2D eigenvalue weighted by atomic mass is 10.0. The SMILES string of the molecule is O=c1[nH]c(=O)n(Cc2ccc(-c3ccccc3)cc2)[nH]c1=O. The molecule has 0 saturated heterocycles. The van der Waals surface area contributed by atoms with E-state index in [1.165, 1.54) is 0 Å². The van der Waals surface area contributed by atoms with Crippen molar-refractivity contribution in [2.24, 2.45) is 0 Å². The van der Waals surface area contributed by atoms with E-state index in [1.807, 2.05) is 59.6 Å². The summed E-state index contributed by atoms with van der Waals surface area (Å²) in [4.78, 5) is 35.9. The summed E-state index contributed by atoms with van der Waals surface area (Å²) in [6.45, 7) is 0.180. The lowest BCUT2D eigenvalue weighted by molar-refractivity contribution is 0.594. The summed E-state index contributed by atoms with van der Waals surface area (Å²) in [7, 11) is 0. The predicted octanol–water partition coefficient (Wildman–Crippen LogP) is 0.940. The van der Waals surface area contributed by atoms with E-state index in [4.69, 9.17) is 0 Å². The van der Waals surface area contributed by atoms with Crippen LogP contribution in [0.1, 0.15) is 5.56 Å². The molecule has 0 aliphatic rings. The van der Waals surface area contributed by atoms with Crippen molar-refractivity contribution in [3.8, 4) is 11.1 Å². The Morgan fingerprint density at radius 2 is 1.41 bits per heavy atom. The van der Waals surface area contributed by atoms with E-state index < -0.39 is 16.8 Å². The maximum Gasteiger partial charge on any atom is 0.343 e. The van der Waals surface area contributed by atoms with Crippen LogP contribution in [0.15, 0.2) is 69.0 Å². The van der Waals surface area contributed by atoms with Crippen LogP contribution in [0.25, 0.3) is 11.1 Å². The van der Waals surface area contributed by atoms with Crippen LogP contribution in [0.3, 0.4) is 0 Å². The van der Waals surface area contributed by atoms with Gasteiger partial charge < -0.3 is 0 Å². The first-order chi connectivity index (χ1) is 10.6. The fraction of sp³-hybridized carbons (Fsp3) is 0.0625. The molecule has 1 heterocycles. The molecule has 110 valence electrons. The van der Waals surface area contributed by atoms with Crippen molar-refractivity contribution in [2.45, 2.75) is 6.54 Å². The Labute approximate surface area is 124 Å². The Balaban J connectivity index is 1.89. The van der Waals surface area contributed by atoms with Gasteiger partial charge in [0.1, 0.15) is 0 Å². The average molecular weight is 295 g/mol. The molecular formula is C16H13N3O3. The Morgan fingerprint density at radius 3 is 2.09 bits per heavy atom. The molecule has 0 spiro atoms. The molecule has 0 saturated carbocycles. The van der Waals surface area contributed by atoms with Gasteiger partial charge in [0.15, 0.2) is 0 Å². The summed E-state index contributed by atoms with van der Waals surface area (Å²) in [6.07, 6.45) is 0. The normalized spacial score (nSPS) is 10.5. The molecule has 0 bridgehead atoms. The fourth-order valence-electron chi connectivity index (χ4n) is 2.17.